The van der Waals surface area contributed by atoms with Crippen LogP contribution in [0.3, 0.4) is 0 Å². The Labute approximate surface area is 106 Å². The summed E-state index contributed by atoms with van der Waals surface area (Å²) in [4.78, 5) is 8.78. The first-order chi connectivity index (χ1) is 8.72. The summed E-state index contributed by atoms with van der Waals surface area (Å²) in [6, 6.07) is 1.96. The lowest BCUT2D eigenvalue weighted by atomic mass is 10.2. The van der Waals surface area contributed by atoms with E-state index in [2.05, 4.69) is 20.4 Å². The molecule has 0 aliphatic rings. The van der Waals surface area contributed by atoms with Crippen LogP contribution in [-0.4, -0.2) is 38.0 Å². The van der Waals surface area contributed by atoms with E-state index >= 15 is 0 Å². The summed E-state index contributed by atoms with van der Waals surface area (Å²) in [5.74, 6) is 0.544. The Morgan fingerprint density at radius 1 is 1.39 bits per heavy atom. The Morgan fingerprint density at radius 3 is 2.83 bits per heavy atom. The quantitative estimate of drug-likeness (QED) is 0.819. The Hall–Kier alpha value is -1.95. The highest BCUT2D eigenvalue weighted by molar-refractivity contribution is 5.59. The van der Waals surface area contributed by atoms with Gasteiger partial charge in [-0.2, -0.15) is 5.10 Å². The van der Waals surface area contributed by atoms with Crippen LogP contribution < -0.4 is 5.32 Å². The Morgan fingerprint density at radius 2 is 2.22 bits per heavy atom. The second-order valence-corrected chi connectivity index (χ2v) is 3.97. The van der Waals surface area contributed by atoms with Crippen LogP contribution in [0, 0.1) is 0 Å². The third-order valence-corrected chi connectivity index (χ3v) is 2.54. The molecular formula is C12H17N5O. The lowest BCUT2D eigenvalue weighted by Crippen LogP contribution is -2.10. The molecule has 0 amide bonds. The van der Waals surface area contributed by atoms with Gasteiger partial charge in [0.15, 0.2) is 0 Å². The standard InChI is InChI=1S/C12H17N5O/c1-3-10-6-11(9-7-14-17(2)8-9)16-12(15-10)13-4-5-18/h6-8,18H,3-5H2,1-2H3,(H,13,15,16). The molecule has 2 heterocycles. The van der Waals surface area contributed by atoms with Gasteiger partial charge in [0.05, 0.1) is 18.5 Å². The molecular weight excluding hydrogens is 230 g/mol. The average molecular weight is 247 g/mol. The zero-order chi connectivity index (χ0) is 13.0. The number of aliphatic hydroxyl groups excluding tert-OH is 1. The van der Waals surface area contributed by atoms with Crippen LogP contribution in [0.2, 0.25) is 0 Å². The number of rotatable bonds is 5. The Bertz CT molecular complexity index is 523. The molecule has 0 aliphatic carbocycles. The van der Waals surface area contributed by atoms with E-state index in [4.69, 9.17) is 5.11 Å². The third kappa shape index (κ3) is 2.84. The molecule has 6 heteroatoms. The molecule has 0 fully saturated rings. The molecule has 6 nitrogen and oxygen atoms in total. The highest BCUT2D eigenvalue weighted by Gasteiger charge is 2.07. The van der Waals surface area contributed by atoms with E-state index in [1.165, 1.54) is 0 Å². The van der Waals surface area contributed by atoms with Crippen molar-refractivity contribution in [2.75, 3.05) is 18.5 Å². The van der Waals surface area contributed by atoms with Gasteiger partial charge in [-0.1, -0.05) is 6.92 Å². The first kappa shape index (κ1) is 12.5. The van der Waals surface area contributed by atoms with Crippen LogP contribution in [0.1, 0.15) is 12.6 Å². The molecule has 0 radical (unpaired) electrons. The van der Waals surface area contributed by atoms with E-state index < -0.39 is 0 Å². The maximum absolute atomic E-state index is 8.81. The lowest BCUT2D eigenvalue weighted by molar-refractivity contribution is 0.311. The first-order valence-corrected chi connectivity index (χ1v) is 5.94. The van der Waals surface area contributed by atoms with Gasteiger partial charge >= 0.3 is 0 Å². The van der Waals surface area contributed by atoms with Crippen LogP contribution in [0.5, 0.6) is 0 Å². The van der Waals surface area contributed by atoms with Crippen LogP contribution >= 0.6 is 0 Å². The molecule has 96 valence electrons. The van der Waals surface area contributed by atoms with Gasteiger partial charge in [0.1, 0.15) is 0 Å². The molecule has 0 aromatic carbocycles. The zero-order valence-corrected chi connectivity index (χ0v) is 10.6. The molecule has 0 atom stereocenters. The van der Waals surface area contributed by atoms with Crippen molar-refractivity contribution in [1.82, 2.24) is 19.7 Å². The number of anilines is 1. The average Bonchev–Trinajstić information content (AvgIpc) is 2.82. The summed E-state index contributed by atoms with van der Waals surface area (Å²) in [6.07, 6.45) is 4.53. The van der Waals surface area contributed by atoms with Gasteiger partial charge in [0, 0.05) is 31.0 Å². The molecule has 18 heavy (non-hydrogen) atoms. The van der Waals surface area contributed by atoms with Gasteiger partial charge in [-0.05, 0) is 12.5 Å². The van der Waals surface area contributed by atoms with Gasteiger partial charge < -0.3 is 10.4 Å². The minimum Gasteiger partial charge on any atom is -0.395 e. The summed E-state index contributed by atoms with van der Waals surface area (Å²) in [5, 5.41) is 15.9. The third-order valence-electron chi connectivity index (χ3n) is 2.54. The van der Waals surface area contributed by atoms with Crippen molar-refractivity contribution < 1.29 is 5.11 Å². The highest BCUT2D eigenvalue weighted by atomic mass is 16.3. The molecule has 0 aliphatic heterocycles. The fraction of sp³-hybridized carbons (Fsp3) is 0.417. The van der Waals surface area contributed by atoms with Crippen molar-refractivity contribution in [3.8, 4) is 11.3 Å². The van der Waals surface area contributed by atoms with Crippen LogP contribution in [0.4, 0.5) is 5.95 Å². The van der Waals surface area contributed by atoms with Gasteiger partial charge in [0.25, 0.3) is 0 Å². The largest absolute Gasteiger partial charge is 0.395 e. The van der Waals surface area contributed by atoms with E-state index in [0.29, 0.717) is 12.5 Å². The number of nitrogens with one attached hydrogen (secondary N) is 1. The summed E-state index contributed by atoms with van der Waals surface area (Å²) in [5.41, 5.74) is 2.77. The van der Waals surface area contributed by atoms with E-state index in [1.54, 1.807) is 10.9 Å². The summed E-state index contributed by atoms with van der Waals surface area (Å²) in [7, 11) is 1.87. The number of aryl methyl sites for hydroxylation is 2. The predicted octanol–water partition coefficient (Wildman–Crippen LogP) is 0.844. The maximum Gasteiger partial charge on any atom is 0.223 e. The van der Waals surface area contributed by atoms with Gasteiger partial charge in [-0.25, -0.2) is 9.97 Å². The molecule has 0 saturated heterocycles. The van der Waals surface area contributed by atoms with Gasteiger partial charge in [0.2, 0.25) is 5.95 Å². The molecule has 0 saturated carbocycles. The molecule has 0 bridgehead atoms. The summed E-state index contributed by atoms with van der Waals surface area (Å²) >= 11 is 0. The SMILES string of the molecule is CCc1cc(-c2cnn(C)c2)nc(NCCO)n1. The normalized spacial score (nSPS) is 10.6. The predicted molar refractivity (Wildman–Crippen MR) is 69.2 cm³/mol. The second-order valence-electron chi connectivity index (χ2n) is 3.97. The molecule has 0 spiro atoms. The van der Waals surface area contributed by atoms with E-state index in [9.17, 15) is 0 Å². The zero-order valence-electron chi connectivity index (χ0n) is 10.6. The Kier molecular flexibility index (Phi) is 3.88. The highest BCUT2D eigenvalue weighted by Crippen LogP contribution is 2.18. The minimum atomic E-state index is 0.0575. The van der Waals surface area contributed by atoms with Gasteiger partial charge in [-0.15, -0.1) is 0 Å². The van der Waals surface area contributed by atoms with Crippen LogP contribution in [0.15, 0.2) is 18.5 Å². The van der Waals surface area contributed by atoms with Crippen molar-refractivity contribution in [2.24, 2.45) is 7.05 Å². The van der Waals surface area contributed by atoms with Crippen LogP contribution in [0.25, 0.3) is 11.3 Å². The first-order valence-electron chi connectivity index (χ1n) is 5.94. The van der Waals surface area contributed by atoms with Crippen molar-refractivity contribution in [3.05, 3.63) is 24.2 Å². The number of nitrogens with zero attached hydrogens (tertiary/aromatic N) is 4. The number of aliphatic hydroxyl groups is 1. The summed E-state index contributed by atoms with van der Waals surface area (Å²) in [6.45, 7) is 2.55. The molecule has 0 unspecified atom stereocenters. The number of hydrogen-bond acceptors (Lipinski definition) is 5. The van der Waals surface area contributed by atoms with E-state index in [-0.39, 0.29) is 6.61 Å². The smallest absolute Gasteiger partial charge is 0.223 e. The second kappa shape index (κ2) is 5.59. The molecule has 2 aromatic heterocycles. The maximum atomic E-state index is 8.81. The topological polar surface area (TPSA) is 75.9 Å². The van der Waals surface area contributed by atoms with E-state index in [0.717, 1.165) is 23.4 Å². The monoisotopic (exact) mass is 247 g/mol. The fourth-order valence-electron chi connectivity index (χ4n) is 1.63. The van der Waals surface area contributed by atoms with Crippen molar-refractivity contribution in [2.45, 2.75) is 13.3 Å². The fourth-order valence-corrected chi connectivity index (χ4v) is 1.63. The van der Waals surface area contributed by atoms with E-state index in [1.807, 2.05) is 26.2 Å². The van der Waals surface area contributed by atoms with Crippen LogP contribution in [-0.2, 0) is 13.5 Å². The van der Waals surface area contributed by atoms with Crippen molar-refractivity contribution in [1.29, 1.82) is 0 Å². The lowest BCUT2D eigenvalue weighted by Gasteiger charge is -2.07. The van der Waals surface area contributed by atoms with Gasteiger partial charge in [-0.3, -0.25) is 4.68 Å². The molecule has 2 aromatic rings. The Balaban J connectivity index is 2.34. The van der Waals surface area contributed by atoms with Crippen molar-refractivity contribution >= 4 is 5.95 Å². The molecule has 2 rings (SSSR count). The number of hydrogen-bond donors (Lipinski definition) is 2. The number of aromatic nitrogens is 4. The molecule has 2 N–H and O–H groups in total. The van der Waals surface area contributed by atoms with Crippen molar-refractivity contribution in [3.63, 3.8) is 0 Å². The summed E-state index contributed by atoms with van der Waals surface area (Å²) < 4.78 is 1.74. The minimum absolute atomic E-state index is 0.0575.